The first-order valence-corrected chi connectivity index (χ1v) is 6.46. The van der Waals surface area contributed by atoms with E-state index in [-0.39, 0.29) is 6.04 Å². The van der Waals surface area contributed by atoms with Crippen LogP contribution in [-0.4, -0.2) is 35.4 Å². The number of aliphatic hydroxyl groups is 1. The topological polar surface area (TPSA) is 75.5 Å². The zero-order chi connectivity index (χ0) is 13.5. The molecule has 0 saturated carbocycles. The van der Waals surface area contributed by atoms with Crippen LogP contribution in [0.25, 0.3) is 0 Å². The molecular formula is C14H25N3O. The van der Waals surface area contributed by atoms with Crippen LogP contribution >= 0.6 is 0 Å². The van der Waals surface area contributed by atoms with Crippen molar-refractivity contribution in [3.8, 4) is 0 Å². The minimum absolute atomic E-state index is 0.286. The number of hydrogen-bond acceptors (Lipinski definition) is 4. The third-order valence-electron chi connectivity index (χ3n) is 2.83. The molecule has 1 aromatic rings. The number of hydrogen-bond donors (Lipinski definition) is 3. The van der Waals surface area contributed by atoms with Gasteiger partial charge in [0.15, 0.2) is 0 Å². The van der Waals surface area contributed by atoms with Crippen LogP contribution in [0.5, 0.6) is 0 Å². The monoisotopic (exact) mass is 251 g/mol. The van der Waals surface area contributed by atoms with Crippen molar-refractivity contribution in [2.45, 2.75) is 32.4 Å². The molecule has 0 amide bonds. The molecule has 0 spiro atoms. The number of nitrogens with two attached hydrogens (primary N) is 2. The normalized spacial score (nSPS) is 15.1. The summed E-state index contributed by atoms with van der Waals surface area (Å²) in [5.74, 6) is 6.30. The molecular weight excluding hydrogens is 226 g/mol. The van der Waals surface area contributed by atoms with Crippen molar-refractivity contribution < 1.29 is 5.11 Å². The van der Waals surface area contributed by atoms with Crippen molar-refractivity contribution in [2.24, 2.45) is 17.5 Å². The lowest BCUT2D eigenvalue weighted by molar-refractivity contribution is 0.0856. The largest absolute Gasteiger partial charge is 0.390 e. The molecule has 0 heterocycles. The van der Waals surface area contributed by atoms with E-state index in [2.05, 4.69) is 13.8 Å². The third-order valence-corrected chi connectivity index (χ3v) is 2.83. The van der Waals surface area contributed by atoms with Gasteiger partial charge in [0.25, 0.3) is 0 Å². The van der Waals surface area contributed by atoms with E-state index >= 15 is 0 Å². The molecule has 4 nitrogen and oxygen atoms in total. The minimum Gasteiger partial charge on any atom is -0.390 e. The molecule has 0 aliphatic heterocycles. The van der Waals surface area contributed by atoms with Crippen molar-refractivity contribution in [1.29, 1.82) is 0 Å². The quantitative estimate of drug-likeness (QED) is 0.494. The van der Waals surface area contributed by atoms with Crippen LogP contribution in [0, 0.1) is 5.92 Å². The average molecular weight is 251 g/mol. The van der Waals surface area contributed by atoms with E-state index in [1.807, 2.05) is 30.3 Å². The molecule has 0 saturated heterocycles. The summed E-state index contributed by atoms with van der Waals surface area (Å²) in [5, 5.41) is 11.7. The van der Waals surface area contributed by atoms with Gasteiger partial charge in [-0.1, -0.05) is 44.2 Å². The number of nitrogens with zero attached hydrogens (tertiary/aromatic N) is 1. The van der Waals surface area contributed by atoms with Gasteiger partial charge in [0.2, 0.25) is 0 Å². The Hall–Kier alpha value is -0.940. The molecule has 1 rings (SSSR count). The van der Waals surface area contributed by atoms with E-state index in [1.54, 1.807) is 5.01 Å². The van der Waals surface area contributed by atoms with Gasteiger partial charge in [0.05, 0.1) is 6.10 Å². The van der Waals surface area contributed by atoms with E-state index in [4.69, 9.17) is 11.6 Å². The lowest BCUT2D eigenvalue weighted by Crippen LogP contribution is -2.48. The second-order valence-electron chi connectivity index (χ2n) is 5.27. The van der Waals surface area contributed by atoms with Gasteiger partial charge in [-0.05, 0) is 17.9 Å². The van der Waals surface area contributed by atoms with Crippen molar-refractivity contribution in [3.63, 3.8) is 0 Å². The highest BCUT2D eigenvalue weighted by Crippen LogP contribution is 2.05. The van der Waals surface area contributed by atoms with E-state index in [9.17, 15) is 5.11 Å². The lowest BCUT2D eigenvalue weighted by atomic mass is 10.0. The van der Waals surface area contributed by atoms with Gasteiger partial charge in [0.1, 0.15) is 0 Å². The Bertz CT molecular complexity index is 329. The summed E-state index contributed by atoms with van der Waals surface area (Å²) >= 11 is 0. The minimum atomic E-state index is -0.603. The van der Waals surface area contributed by atoms with Crippen LogP contribution in [0.1, 0.15) is 19.4 Å². The molecule has 0 bridgehead atoms. The molecule has 0 radical (unpaired) electrons. The highest BCUT2D eigenvalue weighted by molar-refractivity contribution is 5.16. The highest BCUT2D eigenvalue weighted by atomic mass is 16.3. The third kappa shape index (κ3) is 5.60. The Morgan fingerprint density at radius 1 is 1.17 bits per heavy atom. The van der Waals surface area contributed by atoms with Crippen LogP contribution in [0.2, 0.25) is 0 Å². The van der Waals surface area contributed by atoms with Gasteiger partial charge in [-0.25, -0.2) is 5.01 Å². The summed E-state index contributed by atoms with van der Waals surface area (Å²) in [5.41, 5.74) is 7.13. The van der Waals surface area contributed by atoms with Gasteiger partial charge in [0, 0.05) is 19.1 Å². The summed E-state index contributed by atoms with van der Waals surface area (Å²) in [6.07, 6.45) is 0.0614. The average Bonchev–Trinajstić information content (AvgIpc) is 2.28. The molecule has 0 aliphatic carbocycles. The molecule has 18 heavy (non-hydrogen) atoms. The first-order chi connectivity index (χ1) is 8.49. The SMILES string of the molecule is CC(C)CN(N)C[C@H](O)C(N)Cc1ccccc1. The van der Waals surface area contributed by atoms with E-state index in [0.717, 1.165) is 12.1 Å². The molecule has 0 fully saturated rings. The van der Waals surface area contributed by atoms with Crippen LogP contribution in [-0.2, 0) is 6.42 Å². The molecule has 1 aromatic carbocycles. The fourth-order valence-electron chi connectivity index (χ4n) is 1.94. The Labute approximate surface area is 110 Å². The van der Waals surface area contributed by atoms with Gasteiger partial charge >= 0.3 is 0 Å². The smallest absolute Gasteiger partial charge is 0.0834 e. The fourth-order valence-corrected chi connectivity index (χ4v) is 1.94. The van der Waals surface area contributed by atoms with E-state index < -0.39 is 6.10 Å². The Balaban J connectivity index is 2.39. The zero-order valence-corrected chi connectivity index (χ0v) is 11.3. The van der Waals surface area contributed by atoms with Crippen molar-refractivity contribution in [3.05, 3.63) is 35.9 Å². The number of hydrazine groups is 1. The van der Waals surface area contributed by atoms with Crippen LogP contribution in [0.4, 0.5) is 0 Å². The maximum absolute atomic E-state index is 10.0. The Kier molecular flexibility index (Phi) is 6.29. The second kappa shape index (κ2) is 7.48. The lowest BCUT2D eigenvalue weighted by Gasteiger charge is -2.25. The highest BCUT2D eigenvalue weighted by Gasteiger charge is 2.17. The molecule has 0 aromatic heterocycles. The summed E-state index contributed by atoms with van der Waals surface area (Å²) in [7, 11) is 0. The van der Waals surface area contributed by atoms with Gasteiger partial charge < -0.3 is 10.8 Å². The molecule has 4 heteroatoms. The number of benzene rings is 1. The summed E-state index contributed by atoms with van der Waals surface area (Å²) in [6.45, 7) is 5.35. The van der Waals surface area contributed by atoms with Gasteiger partial charge in [-0.15, -0.1) is 0 Å². The van der Waals surface area contributed by atoms with Gasteiger partial charge in [-0.3, -0.25) is 5.84 Å². The maximum Gasteiger partial charge on any atom is 0.0834 e. The Morgan fingerprint density at radius 2 is 1.78 bits per heavy atom. The van der Waals surface area contributed by atoms with Gasteiger partial charge in [-0.2, -0.15) is 0 Å². The van der Waals surface area contributed by atoms with Crippen molar-refractivity contribution in [1.82, 2.24) is 5.01 Å². The first-order valence-electron chi connectivity index (χ1n) is 6.46. The van der Waals surface area contributed by atoms with E-state index in [1.165, 1.54) is 0 Å². The van der Waals surface area contributed by atoms with E-state index in [0.29, 0.717) is 18.9 Å². The predicted molar refractivity (Wildman–Crippen MR) is 74.7 cm³/mol. The summed E-state index contributed by atoms with van der Waals surface area (Å²) < 4.78 is 0. The maximum atomic E-state index is 10.0. The van der Waals surface area contributed by atoms with Crippen molar-refractivity contribution >= 4 is 0 Å². The predicted octanol–water partition coefficient (Wildman–Crippen LogP) is 0.749. The Morgan fingerprint density at radius 3 is 2.33 bits per heavy atom. The molecule has 5 N–H and O–H groups in total. The van der Waals surface area contributed by atoms with Crippen molar-refractivity contribution in [2.75, 3.05) is 13.1 Å². The number of rotatable bonds is 7. The molecule has 102 valence electrons. The van der Waals surface area contributed by atoms with Crippen LogP contribution < -0.4 is 11.6 Å². The van der Waals surface area contributed by atoms with Crippen LogP contribution in [0.3, 0.4) is 0 Å². The number of aliphatic hydroxyl groups excluding tert-OH is 1. The first kappa shape index (κ1) is 15.1. The molecule has 2 atom stereocenters. The molecule has 1 unspecified atom stereocenters. The van der Waals surface area contributed by atoms with Crippen LogP contribution in [0.15, 0.2) is 30.3 Å². The molecule has 0 aliphatic rings. The summed E-state index contributed by atoms with van der Waals surface area (Å²) in [6, 6.07) is 9.66. The second-order valence-corrected chi connectivity index (χ2v) is 5.27. The standard InChI is InChI=1S/C14H25N3O/c1-11(2)9-17(16)10-14(18)13(15)8-12-6-4-3-5-7-12/h3-7,11,13-14,18H,8-10,15-16H2,1-2H3/t13?,14-/m0/s1. The zero-order valence-electron chi connectivity index (χ0n) is 11.3. The fraction of sp³-hybridized carbons (Fsp3) is 0.571. The summed E-state index contributed by atoms with van der Waals surface area (Å²) in [4.78, 5) is 0.